The minimum atomic E-state index is -0.110. The SMILES string of the molecule is COc1cnc2cc(NC(C)=O)ccc2n1. The minimum absolute atomic E-state index is 0.110. The molecule has 82 valence electrons. The largest absolute Gasteiger partial charge is 0.480 e. The maximum absolute atomic E-state index is 10.9. The lowest BCUT2D eigenvalue weighted by Crippen LogP contribution is -2.05. The van der Waals surface area contributed by atoms with Gasteiger partial charge in [-0.25, -0.2) is 9.97 Å². The van der Waals surface area contributed by atoms with E-state index in [1.165, 1.54) is 6.92 Å². The quantitative estimate of drug-likeness (QED) is 0.829. The van der Waals surface area contributed by atoms with Gasteiger partial charge in [-0.05, 0) is 18.2 Å². The Morgan fingerprint density at radius 2 is 2.19 bits per heavy atom. The van der Waals surface area contributed by atoms with Crippen LogP contribution in [-0.2, 0) is 4.79 Å². The van der Waals surface area contributed by atoms with Crippen molar-refractivity contribution in [3.8, 4) is 5.88 Å². The van der Waals surface area contributed by atoms with E-state index in [9.17, 15) is 4.79 Å². The van der Waals surface area contributed by atoms with E-state index in [1.54, 1.807) is 31.5 Å². The van der Waals surface area contributed by atoms with Crippen molar-refractivity contribution in [3.05, 3.63) is 24.4 Å². The number of nitrogens with one attached hydrogen (secondary N) is 1. The van der Waals surface area contributed by atoms with Gasteiger partial charge in [0.2, 0.25) is 11.8 Å². The van der Waals surface area contributed by atoms with Crippen molar-refractivity contribution in [1.29, 1.82) is 0 Å². The van der Waals surface area contributed by atoms with Crippen LogP contribution in [0.5, 0.6) is 5.88 Å². The van der Waals surface area contributed by atoms with Crippen molar-refractivity contribution >= 4 is 22.6 Å². The molecular weight excluding hydrogens is 206 g/mol. The van der Waals surface area contributed by atoms with E-state index in [4.69, 9.17) is 4.74 Å². The van der Waals surface area contributed by atoms with Crippen LogP contribution in [-0.4, -0.2) is 23.0 Å². The van der Waals surface area contributed by atoms with E-state index in [0.29, 0.717) is 17.1 Å². The second-order valence-electron chi connectivity index (χ2n) is 3.30. The number of nitrogens with zero attached hydrogens (tertiary/aromatic N) is 2. The van der Waals surface area contributed by atoms with Crippen molar-refractivity contribution in [2.24, 2.45) is 0 Å². The molecular formula is C11H11N3O2. The third-order valence-corrected chi connectivity index (χ3v) is 2.05. The summed E-state index contributed by atoms with van der Waals surface area (Å²) in [4.78, 5) is 19.3. The van der Waals surface area contributed by atoms with Gasteiger partial charge in [-0.1, -0.05) is 0 Å². The summed E-state index contributed by atoms with van der Waals surface area (Å²) in [6, 6.07) is 5.33. The Hall–Kier alpha value is -2.17. The van der Waals surface area contributed by atoms with Crippen LogP contribution in [0.2, 0.25) is 0 Å². The number of carbonyl (C=O) groups excluding carboxylic acids is 1. The van der Waals surface area contributed by atoms with Crippen LogP contribution in [0, 0.1) is 0 Å². The molecule has 1 amide bonds. The van der Waals surface area contributed by atoms with Gasteiger partial charge >= 0.3 is 0 Å². The fourth-order valence-corrected chi connectivity index (χ4v) is 1.37. The van der Waals surface area contributed by atoms with Gasteiger partial charge in [0.25, 0.3) is 0 Å². The summed E-state index contributed by atoms with van der Waals surface area (Å²) >= 11 is 0. The van der Waals surface area contributed by atoms with Crippen LogP contribution in [0.15, 0.2) is 24.4 Å². The lowest BCUT2D eigenvalue weighted by Gasteiger charge is -2.04. The number of benzene rings is 1. The highest BCUT2D eigenvalue weighted by molar-refractivity contribution is 5.91. The molecule has 0 saturated carbocycles. The Labute approximate surface area is 92.5 Å². The first-order valence-electron chi connectivity index (χ1n) is 4.77. The molecule has 1 aromatic carbocycles. The predicted octanol–water partition coefficient (Wildman–Crippen LogP) is 1.60. The second-order valence-corrected chi connectivity index (χ2v) is 3.30. The zero-order chi connectivity index (χ0) is 11.5. The van der Waals surface area contributed by atoms with E-state index in [-0.39, 0.29) is 5.91 Å². The molecule has 0 aliphatic heterocycles. The Bertz CT molecular complexity index is 540. The molecule has 0 spiro atoms. The van der Waals surface area contributed by atoms with Gasteiger partial charge in [0.1, 0.15) is 0 Å². The number of ether oxygens (including phenoxy) is 1. The van der Waals surface area contributed by atoms with Crippen molar-refractivity contribution in [2.75, 3.05) is 12.4 Å². The molecule has 0 bridgehead atoms. The van der Waals surface area contributed by atoms with Gasteiger partial charge in [-0.15, -0.1) is 0 Å². The summed E-state index contributed by atoms with van der Waals surface area (Å²) in [6.07, 6.45) is 1.54. The molecule has 0 atom stereocenters. The number of fused-ring (bicyclic) bond motifs is 1. The molecule has 0 unspecified atom stereocenters. The average molecular weight is 217 g/mol. The molecule has 5 heteroatoms. The molecule has 0 aliphatic rings. The van der Waals surface area contributed by atoms with Crippen LogP contribution in [0.3, 0.4) is 0 Å². The average Bonchev–Trinajstić information content (AvgIpc) is 2.27. The summed E-state index contributed by atoms with van der Waals surface area (Å²) in [7, 11) is 1.54. The summed E-state index contributed by atoms with van der Waals surface area (Å²) in [5.74, 6) is 0.362. The first-order chi connectivity index (χ1) is 7.69. The standard InChI is InChI=1S/C11H11N3O2/c1-7(15)13-8-3-4-9-10(5-8)12-6-11(14-9)16-2/h3-6H,1-2H3,(H,13,15). The second kappa shape index (κ2) is 4.14. The summed E-state index contributed by atoms with van der Waals surface area (Å²) in [6.45, 7) is 1.46. The number of hydrogen-bond donors (Lipinski definition) is 1. The van der Waals surface area contributed by atoms with E-state index in [0.717, 1.165) is 5.52 Å². The topological polar surface area (TPSA) is 64.1 Å². The highest BCUT2D eigenvalue weighted by Gasteiger charge is 2.02. The Morgan fingerprint density at radius 1 is 1.38 bits per heavy atom. The zero-order valence-corrected chi connectivity index (χ0v) is 9.02. The molecule has 2 rings (SSSR count). The van der Waals surface area contributed by atoms with Gasteiger partial charge in [0, 0.05) is 12.6 Å². The maximum Gasteiger partial charge on any atom is 0.232 e. The summed E-state index contributed by atoms with van der Waals surface area (Å²) < 4.78 is 4.97. The monoisotopic (exact) mass is 217 g/mol. The molecule has 1 aromatic heterocycles. The summed E-state index contributed by atoms with van der Waals surface area (Å²) in [5.41, 5.74) is 2.15. The van der Waals surface area contributed by atoms with Crippen molar-refractivity contribution in [1.82, 2.24) is 9.97 Å². The molecule has 0 fully saturated rings. The molecule has 0 aliphatic carbocycles. The van der Waals surface area contributed by atoms with Gasteiger partial charge in [0.05, 0.1) is 24.3 Å². The first-order valence-corrected chi connectivity index (χ1v) is 4.77. The molecule has 16 heavy (non-hydrogen) atoms. The Balaban J connectivity index is 2.43. The van der Waals surface area contributed by atoms with Crippen LogP contribution >= 0.6 is 0 Å². The van der Waals surface area contributed by atoms with Gasteiger partial charge in [-0.2, -0.15) is 0 Å². The summed E-state index contributed by atoms with van der Waals surface area (Å²) in [5, 5.41) is 2.69. The molecule has 2 aromatic rings. The number of hydrogen-bond acceptors (Lipinski definition) is 4. The van der Waals surface area contributed by atoms with Gasteiger partial charge < -0.3 is 10.1 Å². The molecule has 0 saturated heterocycles. The minimum Gasteiger partial charge on any atom is -0.480 e. The number of carbonyl (C=O) groups is 1. The lowest BCUT2D eigenvalue weighted by molar-refractivity contribution is -0.114. The smallest absolute Gasteiger partial charge is 0.232 e. The highest BCUT2D eigenvalue weighted by Crippen LogP contribution is 2.17. The third kappa shape index (κ3) is 2.08. The van der Waals surface area contributed by atoms with E-state index in [1.807, 2.05) is 0 Å². The van der Waals surface area contributed by atoms with Gasteiger partial charge in [0.15, 0.2) is 0 Å². The molecule has 0 radical (unpaired) electrons. The number of amides is 1. The third-order valence-electron chi connectivity index (χ3n) is 2.05. The molecule has 5 nitrogen and oxygen atoms in total. The number of aromatic nitrogens is 2. The maximum atomic E-state index is 10.9. The van der Waals surface area contributed by atoms with E-state index in [2.05, 4.69) is 15.3 Å². The van der Waals surface area contributed by atoms with Crippen molar-refractivity contribution in [3.63, 3.8) is 0 Å². The fourth-order valence-electron chi connectivity index (χ4n) is 1.37. The number of anilines is 1. The van der Waals surface area contributed by atoms with E-state index < -0.39 is 0 Å². The zero-order valence-electron chi connectivity index (χ0n) is 9.02. The first kappa shape index (κ1) is 10.4. The van der Waals surface area contributed by atoms with Crippen molar-refractivity contribution in [2.45, 2.75) is 6.92 Å². The highest BCUT2D eigenvalue weighted by atomic mass is 16.5. The van der Waals surface area contributed by atoms with E-state index >= 15 is 0 Å². The number of rotatable bonds is 2. The lowest BCUT2D eigenvalue weighted by atomic mass is 10.2. The Morgan fingerprint density at radius 3 is 2.88 bits per heavy atom. The van der Waals surface area contributed by atoms with Crippen molar-refractivity contribution < 1.29 is 9.53 Å². The van der Waals surface area contributed by atoms with Crippen LogP contribution in [0.25, 0.3) is 11.0 Å². The molecule has 1 N–H and O–H groups in total. The predicted molar refractivity (Wildman–Crippen MR) is 60.4 cm³/mol. The fraction of sp³-hybridized carbons (Fsp3) is 0.182. The van der Waals surface area contributed by atoms with Crippen LogP contribution in [0.4, 0.5) is 5.69 Å². The normalized spacial score (nSPS) is 10.1. The Kier molecular flexibility index (Phi) is 2.68. The number of methoxy groups -OCH3 is 1. The van der Waals surface area contributed by atoms with Crippen LogP contribution < -0.4 is 10.1 Å². The van der Waals surface area contributed by atoms with Gasteiger partial charge in [-0.3, -0.25) is 4.79 Å². The molecule has 1 heterocycles. The van der Waals surface area contributed by atoms with Crippen LogP contribution in [0.1, 0.15) is 6.92 Å².